The Morgan fingerprint density at radius 2 is 1.78 bits per heavy atom. The molecular weight excluding hydrogens is 300 g/mol. The maximum atomic E-state index is 12.1. The van der Waals surface area contributed by atoms with E-state index < -0.39 is 10.9 Å². The van der Waals surface area contributed by atoms with Crippen LogP contribution < -0.4 is 5.32 Å². The highest BCUT2D eigenvalue weighted by atomic mass is 16.6. The lowest BCUT2D eigenvalue weighted by atomic mass is 10.1. The van der Waals surface area contributed by atoms with Gasteiger partial charge < -0.3 is 10.1 Å². The number of nitrogens with one attached hydrogen (secondary N) is 1. The lowest BCUT2D eigenvalue weighted by Crippen LogP contribution is -2.17. The smallest absolute Gasteiger partial charge is 0.339 e. The summed E-state index contributed by atoms with van der Waals surface area (Å²) in [4.78, 5) is 33.8. The number of amides is 1. The number of anilines is 1. The minimum Gasteiger partial charge on any atom is -0.465 e. The van der Waals surface area contributed by atoms with Crippen LogP contribution in [0.25, 0.3) is 0 Å². The zero-order valence-corrected chi connectivity index (χ0v) is 12.3. The van der Waals surface area contributed by atoms with Gasteiger partial charge in [-0.3, -0.25) is 14.9 Å². The molecule has 0 bridgehead atoms. The number of nitro benzene ring substituents is 1. The minimum atomic E-state index is -0.545. The Morgan fingerprint density at radius 1 is 1.13 bits per heavy atom. The molecule has 1 N–H and O–H groups in total. The molecule has 0 fully saturated rings. The standard InChI is InChI=1S/C16H14N2O5/c1-23-16(20)13-4-2-3-5-14(13)17-15(19)10-11-6-8-12(9-7-11)18(21)22/h2-9H,10H2,1H3,(H,17,19). The summed E-state index contributed by atoms with van der Waals surface area (Å²) in [6.07, 6.45) is 0.0352. The molecule has 0 aliphatic carbocycles. The normalized spacial score (nSPS) is 9.96. The van der Waals surface area contributed by atoms with Gasteiger partial charge in [0.2, 0.25) is 5.91 Å². The molecule has 7 nitrogen and oxygen atoms in total. The summed E-state index contributed by atoms with van der Waals surface area (Å²) >= 11 is 0. The van der Waals surface area contributed by atoms with Crippen molar-refractivity contribution in [2.24, 2.45) is 0 Å². The molecule has 118 valence electrons. The number of nitro groups is 1. The van der Waals surface area contributed by atoms with E-state index in [1.165, 1.54) is 31.4 Å². The van der Waals surface area contributed by atoms with Crippen LogP contribution in [-0.4, -0.2) is 23.9 Å². The molecule has 0 aromatic heterocycles. The molecule has 0 radical (unpaired) electrons. The molecule has 23 heavy (non-hydrogen) atoms. The van der Waals surface area contributed by atoms with Crippen LogP contribution in [0.5, 0.6) is 0 Å². The minimum absolute atomic E-state index is 0.0352. The van der Waals surface area contributed by atoms with E-state index >= 15 is 0 Å². The Morgan fingerprint density at radius 3 is 2.39 bits per heavy atom. The zero-order valence-electron chi connectivity index (χ0n) is 12.3. The summed E-state index contributed by atoms with van der Waals surface area (Å²) in [5.41, 5.74) is 1.20. The van der Waals surface area contributed by atoms with Crippen LogP contribution in [0.2, 0.25) is 0 Å². The highest BCUT2D eigenvalue weighted by molar-refractivity contribution is 6.01. The third-order valence-electron chi connectivity index (χ3n) is 3.12. The predicted octanol–water partition coefficient (Wildman–Crippen LogP) is 2.56. The number of hydrogen-bond acceptors (Lipinski definition) is 5. The Labute approximate surface area is 132 Å². The van der Waals surface area contributed by atoms with Crippen molar-refractivity contribution in [1.29, 1.82) is 0 Å². The number of para-hydroxylation sites is 1. The molecule has 0 aliphatic heterocycles. The average Bonchev–Trinajstić information content (AvgIpc) is 2.55. The molecular formula is C16H14N2O5. The van der Waals surface area contributed by atoms with Crippen LogP contribution >= 0.6 is 0 Å². The fourth-order valence-electron chi connectivity index (χ4n) is 2.00. The van der Waals surface area contributed by atoms with Gasteiger partial charge in [-0.2, -0.15) is 0 Å². The lowest BCUT2D eigenvalue weighted by molar-refractivity contribution is -0.384. The first-order chi connectivity index (χ1) is 11.0. The third-order valence-corrected chi connectivity index (χ3v) is 3.12. The molecule has 0 atom stereocenters. The van der Waals surface area contributed by atoms with Crippen molar-refractivity contribution >= 4 is 23.3 Å². The molecule has 0 saturated heterocycles. The van der Waals surface area contributed by atoms with Gasteiger partial charge >= 0.3 is 5.97 Å². The number of methoxy groups -OCH3 is 1. The monoisotopic (exact) mass is 314 g/mol. The molecule has 0 spiro atoms. The van der Waals surface area contributed by atoms with E-state index in [0.717, 1.165) is 0 Å². The number of hydrogen-bond donors (Lipinski definition) is 1. The van der Waals surface area contributed by atoms with Crippen LogP contribution in [-0.2, 0) is 16.0 Å². The van der Waals surface area contributed by atoms with Crippen molar-refractivity contribution < 1.29 is 19.2 Å². The second-order valence-corrected chi connectivity index (χ2v) is 4.69. The predicted molar refractivity (Wildman–Crippen MR) is 83.2 cm³/mol. The number of benzene rings is 2. The van der Waals surface area contributed by atoms with Gasteiger partial charge in [0.1, 0.15) is 0 Å². The SMILES string of the molecule is COC(=O)c1ccccc1NC(=O)Cc1ccc([N+](=O)[O-])cc1. The van der Waals surface area contributed by atoms with E-state index in [1.54, 1.807) is 24.3 Å². The van der Waals surface area contributed by atoms with E-state index in [2.05, 4.69) is 10.1 Å². The highest BCUT2D eigenvalue weighted by Gasteiger charge is 2.14. The number of rotatable bonds is 5. The number of carbonyl (C=O) groups excluding carboxylic acids is 2. The van der Waals surface area contributed by atoms with Crippen molar-refractivity contribution in [2.75, 3.05) is 12.4 Å². The fraction of sp³-hybridized carbons (Fsp3) is 0.125. The molecule has 0 saturated carbocycles. The summed E-state index contributed by atoms with van der Waals surface area (Å²) < 4.78 is 4.66. The quantitative estimate of drug-likeness (QED) is 0.519. The summed E-state index contributed by atoms with van der Waals surface area (Å²) in [6, 6.07) is 12.2. The van der Waals surface area contributed by atoms with Gasteiger partial charge in [-0.1, -0.05) is 24.3 Å². The number of carbonyl (C=O) groups is 2. The number of ether oxygens (including phenoxy) is 1. The number of nitrogens with zero attached hydrogens (tertiary/aromatic N) is 1. The Kier molecular flexibility index (Phi) is 5.03. The topological polar surface area (TPSA) is 98.5 Å². The first-order valence-electron chi connectivity index (χ1n) is 6.72. The van der Waals surface area contributed by atoms with Crippen molar-refractivity contribution in [1.82, 2.24) is 0 Å². The van der Waals surface area contributed by atoms with E-state index in [9.17, 15) is 19.7 Å². The van der Waals surface area contributed by atoms with Crippen molar-refractivity contribution in [2.45, 2.75) is 6.42 Å². The fourth-order valence-corrected chi connectivity index (χ4v) is 2.00. The van der Waals surface area contributed by atoms with Crippen LogP contribution in [0.1, 0.15) is 15.9 Å². The first-order valence-corrected chi connectivity index (χ1v) is 6.72. The van der Waals surface area contributed by atoms with Gasteiger partial charge in [-0.05, 0) is 17.7 Å². The number of non-ortho nitro benzene ring substituents is 1. The van der Waals surface area contributed by atoms with Crippen LogP contribution in [0.3, 0.4) is 0 Å². The maximum Gasteiger partial charge on any atom is 0.339 e. The van der Waals surface area contributed by atoms with Crippen LogP contribution in [0.15, 0.2) is 48.5 Å². The molecule has 7 heteroatoms. The first kappa shape index (κ1) is 16.2. The largest absolute Gasteiger partial charge is 0.465 e. The van der Waals surface area contributed by atoms with Crippen molar-refractivity contribution in [3.63, 3.8) is 0 Å². The molecule has 0 heterocycles. The lowest BCUT2D eigenvalue weighted by Gasteiger charge is -2.09. The molecule has 2 rings (SSSR count). The zero-order chi connectivity index (χ0) is 16.8. The van der Waals surface area contributed by atoms with E-state index in [0.29, 0.717) is 11.3 Å². The maximum absolute atomic E-state index is 12.1. The molecule has 0 aliphatic rings. The second kappa shape index (κ2) is 7.17. The van der Waals surface area contributed by atoms with Gasteiger partial charge in [0.05, 0.1) is 29.7 Å². The summed E-state index contributed by atoms with van der Waals surface area (Å²) in [5.74, 6) is -0.883. The summed E-state index contributed by atoms with van der Waals surface area (Å²) in [6.45, 7) is 0. The third kappa shape index (κ3) is 4.13. The van der Waals surface area contributed by atoms with E-state index in [4.69, 9.17) is 0 Å². The molecule has 0 unspecified atom stereocenters. The molecule has 2 aromatic rings. The van der Waals surface area contributed by atoms with Gasteiger partial charge in [0, 0.05) is 12.1 Å². The van der Waals surface area contributed by atoms with Gasteiger partial charge in [-0.25, -0.2) is 4.79 Å². The Hall–Kier alpha value is -3.22. The average molecular weight is 314 g/mol. The van der Waals surface area contributed by atoms with Crippen molar-refractivity contribution in [3.8, 4) is 0 Å². The second-order valence-electron chi connectivity index (χ2n) is 4.69. The summed E-state index contributed by atoms with van der Waals surface area (Å²) in [7, 11) is 1.26. The molecule has 2 aromatic carbocycles. The van der Waals surface area contributed by atoms with Gasteiger partial charge in [0.25, 0.3) is 5.69 Å². The van der Waals surface area contributed by atoms with E-state index in [-0.39, 0.29) is 23.6 Å². The molecule has 1 amide bonds. The highest BCUT2D eigenvalue weighted by Crippen LogP contribution is 2.17. The van der Waals surface area contributed by atoms with Gasteiger partial charge in [0.15, 0.2) is 0 Å². The van der Waals surface area contributed by atoms with Crippen LogP contribution in [0, 0.1) is 10.1 Å². The Bertz CT molecular complexity index is 740. The van der Waals surface area contributed by atoms with Crippen LogP contribution in [0.4, 0.5) is 11.4 Å². The summed E-state index contributed by atoms with van der Waals surface area (Å²) in [5, 5.41) is 13.2. The van der Waals surface area contributed by atoms with E-state index in [1.807, 2.05) is 0 Å². The number of esters is 1. The van der Waals surface area contributed by atoms with Crippen molar-refractivity contribution in [3.05, 3.63) is 69.8 Å². The van der Waals surface area contributed by atoms with Gasteiger partial charge in [-0.15, -0.1) is 0 Å². The Balaban J connectivity index is 2.08.